The SMILES string of the molecule is CN(C)CCc1ccc(N(I)I)cc1. The molecule has 1 rings (SSSR count). The Morgan fingerprint density at radius 2 is 1.64 bits per heavy atom. The highest BCUT2D eigenvalue weighted by atomic mass is 127. The van der Waals surface area contributed by atoms with Crippen LogP contribution in [0, 0.1) is 0 Å². The minimum atomic E-state index is 1.11. The molecule has 0 saturated carbocycles. The highest BCUT2D eigenvalue weighted by Gasteiger charge is 1.98. The van der Waals surface area contributed by atoms with Crippen LogP contribution >= 0.6 is 45.7 Å². The van der Waals surface area contributed by atoms with Gasteiger partial charge in [-0.3, -0.25) is 1.33 Å². The van der Waals surface area contributed by atoms with E-state index in [1.165, 1.54) is 11.3 Å². The van der Waals surface area contributed by atoms with Gasteiger partial charge < -0.3 is 4.90 Å². The molecule has 0 atom stereocenters. The molecule has 0 fully saturated rings. The number of likely N-dealkylation sites (N-methyl/N-ethyl adjacent to an activating group) is 1. The molecule has 0 amide bonds. The van der Waals surface area contributed by atoms with Crippen LogP contribution in [0.1, 0.15) is 5.56 Å². The van der Waals surface area contributed by atoms with Gasteiger partial charge in [-0.15, -0.1) is 0 Å². The van der Waals surface area contributed by atoms with Gasteiger partial charge in [-0.2, -0.15) is 0 Å². The molecule has 4 heteroatoms. The third kappa shape index (κ3) is 4.31. The van der Waals surface area contributed by atoms with Gasteiger partial charge in [-0.05, 0) is 38.2 Å². The molecular weight excluding hydrogens is 402 g/mol. The minimum Gasteiger partial charge on any atom is -0.309 e. The summed E-state index contributed by atoms with van der Waals surface area (Å²) < 4.78 is 2.06. The van der Waals surface area contributed by atoms with E-state index < -0.39 is 0 Å². The lowest BCUT2D eigenvalue weighted by Gasteiger charge is -2.10. The first kappa shape index (κ1) is 12.5. The lowest BCUT2D eigenvalue weighted by molar-refractivity contribution is 0.413. The van der Waals surface area contributed by atoms with Crippen LogP contribution in [0.4, 0.5) is 5.69 Å². The van der Waals surface area contributed by atoms with Gasteiger partial charge in [-0.25, -0.2) is 0 Å². The number of nitrogens with zero attached hydrogens (tertiary/aromatic N) is 2. The highest BCUT2D eigenvalue weighted by Crippen LogP contribution is 2.22. The van der Waals surface area contributed by atoms with Crippen molar-refractivity contribution in [2.75, 3.05) is 22.0 Å². The Bertz CT molecular complexity index is 270. The number of hydrogen-bond acceptors (Lipinski definition) is 2. The van der Waals surface area contributed by atoms with Crippen molar-refractivity contribution >= 4 is 51.4 Å². The summed E-state index contributed by atoms with van der Waals surface area (Å²) in [6.07, 6.45) is 1.12. The van der Waals surface area contributed by atoms with Gasteiger partial charge >= 0.3 is 0 Å². The molecule has 0 N–H and O–H groups in total. The third-order valence-corrected chi connectivity index (χ3v) is 3.09. The zero-order chi connectivity index (χ0) is 10.6. The molecule has 0 radical (unpaired) electrons. The van der Waals surface area contributed by atoms with E-state index in [2.05, 4.69) is 90.3 Å². The first-order valence-corrected chi connectivity index (χ1v) is 6.38. The number of anilines is 1. The highest BCUT2D eigenvalue weighted by molar-refractivity contribution is 14.2. The van der Waals surface area contributed by atoms with Crippen molar-refractivity contribution in [3.8, 4) is 0 Å². The molecule has 78 valence electrons. The maximum absolute atomic E-state index is 2.26. The van der Waals surface area contributed by atoms with E-state index in [1.54, 1.807) is 0 Å². The lowest BCUT2D eigenvalue weighted by Crippen LogP contribution is -2.14. The number of rotatable bonds is 4. The normalized spacial score (nSPS) is 10.6. The standard InChI is InChI=1S/C10H14I2N2/c1-13(2)8-7-9-3-5-10(6-4-9)14(11)12/h3-6H,7-8H2,1-2H3. The smallest absolute Gasteiger partial charge is 0.0697 e. The van der Waals surface area contributed by atoms with Gasteiger partial charge in [-0.1, -0.05) is 12.1 Å². The van der Waals surface area contributed by atoms with Crippen LogP contribution in [0.5, 0.6) is 0 Å². The maximum atomic E-state index is 2.26. The summed E-state index contributed by atoms with van der Waals surface area (Å²) in [6, 6.07) is 8.71. The van der Waals surface area contributed by atoms with Gasteiger partial charge in [0.2, 0.25) is 0 Å². The van der Waals surface area contributed by atoms with Crippen LogP contribution < -0.4 is 1.33 Å². The summed E-state index contributed by atoms with van der Waals surface area (Å²) >= 11 is 4.53. The second kappa shape index (κ2) is 6.12. The fourth-order valence-electron chi connectivity index (χ4n) is 1.13. The van der Waals surface area contributed by atoms with Crippen LogP contribution in [0.15, 0.2) is 24.3 Å². The summed E-state index contributed by atoms with van der Waals surface area (Å²) in [6.45, 7) is 1.11. The fourth-order valence-corrected chi connectivity index (χ4v) is 1.77. The quantitative estimate of drug-likeness (QED) is 0.550. The van der Waals surface area contributed by atoms with Crippen LogP contribution in [-0.4, -0.2) is 25.5 Å². The lowest BCUT2D eigenvalue weighted by atomic mass is 10.1. The topological polar surface area (TPSA) is 6.48 Å². The zero-order valence-corrected chi connectivity index (χ0v) is 12.7. The molecule has 0 aliphatic rings. The average Bonchev–Trinajstić information content (AvgIpc) is 2.15. The predicted octanol–water partition coefficient (Wildman–Crippen LogP) is 3.30. The van der Waals surface area contributed by atoms with E-state index in [0.717, 1.165) is 13.0 Å². The molecule has 14 heavy (non-hydrogen) atoms. The molecule has 0 heterocycles. The molecule has 0 bridgehead atoms. The zero-order valence-electron chi connectivity index (χ0n) is 8.37. The van der Waals surface area contributed by atoms with Crippen LogP contribution in [0.2, 0.25) is 0 Å². The largest absolute Gasteiger partial charge is 0.309 e. The molecule has 1 aromatic rings. The molecule has 0 aliphatic heterocycles. The number of benzene rings is 1. The van der Waals surface area contributed by atoms with E-state index in [9.17, 15) is 0 Å². The summed E-state index contributed by atoms with van der Waals surface area (Å²) in [5, 5.41) is 0. The van der Waals surface area contributed by atoms with E-state index in [4.69, 9.17) is 0 Å². The van der Waals surface area contributed by atoms with Crippen molar-refractivity contribution in [2.45, 2.75) is 6.42 Å². The van der Waals surface area contributed by atoms with Crippen molar-refractivity contribution in [1.82, 2.24) is 4.90 Å². The Labute approximate surface area is 114 Å². The third-order valence-electron chi connectivity index (χ3n) is 1.98. The Balaban J connectivity index is 2.55. The fraction of sp³-hybridized carbons (Fsp3) is 0.400. The second-order valence-electron chi connectivity index (χ2n) is 3.45. The van der Waals surface area contributed by atoms with Crippen LogP contribution in [0.3, 0.4) is 0 Å². The van der Waals surface area contributed by atoms with E-state index in [-0.39, 0.29) is 0 Å². The summed E-state index contributed by atoms with van der Waals surface area (Å²) in [5.41, 5.74) is 2.64. The van der Waals surface area contributed by atoms with Gasteiger partial charge in [0.05, 0.1) is 51.4 Å². The first-order valence-electron chi connectivity index (χ1n) is 4.45. The van der Waals surface area contributed by atoms with E-state index >= 15 is 0 Å². The molecule has 0 spiro atoms. The predicted molar refractivity (Wildman–Crippen MR) is 79.2 cm³/mol. The van der Waals surface area contributed by atoms with Crippen LogP contribution in [-0.2, 0) is 6.42 Å². The molecule has 0 aliphatic carbocycles. The molecular formula is C10H14I2N2. The molecule has 1 aromatic carbocycles. The van der Waals surface area contributed by atoms with Crippen LogP contribution in [0.25, 0.3) is 0 Å². The first-order chi connectivity index (χ1) is 6.59. The van der Waals surface area contributed by atoms with Gasteiger partial charge in [0.25, 0.3) is 0 Å². The van der Waals surface area contributed by atoms with Crippen molar-refractivity contribution in [1.29, 1.82) is 0 Å². The van der Waals surface area contributed by atoms with Crippen molar-refractivity contribution in [3.05, 3.63) is 29.8 Å². The number of halogens is 2. The van der Waals surface area contributed by atoms with Crippen molar-refractivity contribution < 1.29 is 0 Å². The van der Waals surface area contributed by atoms with Crippen molar-refractivity contribution in [2.24, 2.45) is 0 Å². The molecule has 0 aromatic heterocycles. The van der Waals surface area contributed by atoms with Gasteiger partial charge in [0.15, 0.2) is 0 Å². The minimum absolute atomic E-state index is 1.11. The summed E-state index contributed by atoms with van der Waals surface area (Å²) in [5.74, 6) is 0. The summed E-state index contributed by atoms with van der Waals surface area (Å²) in [7, 11) is 4.21. The molecule has 0 unspecified atom stereocenters. The monoisotopic (exact) mass is 416 g/mol. The maximum Gasteiger partial charge on any atom is 0.0697 e. The van der Waals surface area contributed by atoms with Gasteiger partial charge in [0, 0.05) is 6.54 Å². The second-order valence-corrected chi connectivity index (χ2v) is 7.23. The van der Waals surface area contributed by atoms with Crippen molar-refractivity contribution in [3.63, 3.8) is 0 Å². The average molecular weight is 416 g/mol. The Hall–Kier alpha value is 0.440. The van der Waals surface area contributed by atoms with Gasteiger partial charge in [0.1, 0.15) is 0 Å². The number of hydrogen-bond donors (Lipinski definition) is 0. The Kier molecular flexibility index (Phi) is 5.47. The summed E-state index contributed by atoms with van der Waals surface area (Å²) in [4.78, 5) is 2.21. The van der Waals surface area contributed by atoms with E-state index in [0.29, 0.717) is 0 Å². The molecule has 2 nitrogen and oxygen atoms in total. The van der Waals surface area contributed by atoms with E-state index in [1.807, 2.05) is 0 Å². The molecule has 0 saturated heterocycles. The Morgan fingerprint density at radius 1 is 1.07 bits per heavy atom. The Morgan fingerprint density at radius 3 is 2.07 bits per heavy atom.